The van der Waals surface area contributed by atoms with E-state index in [9.17, 15) is 0 Å². The van der Waals surface area contributed by atoms with Crippen molar-refractivity contribution in [2.45, 2.75) is 38.8 Å². The van der Waals surface area contributed by atoms with Gasteiger partial charge >= 0.3 is 0 Å². The molecule has 0 atom stereocenters. The number of likely N-dealkylation sites (tertiary alicyclic amines) is 1. The molecule has 0 radical (unpaired) electrons. The Morgan fingerprint density at radius 1 is 1.25 bits per heavy atom. The van der Waals surface area contributed by atoms with Crippen molar-refractivity contribution in [1.29, 1.82) is 0 Å². The molecule has 0 amide bonds. The summed E-state index contributed by atoms with van der Waals surface area (Å²) in [6.07, 6.45) is 2.68. The van der Waals surface area contributed by atoms with E-state index in [4.69, 9.17) is 0 Å². The molecule has 0 aromatic heterocycles. The van der Waals surface area contributed by atoms with Crippen LogP contribution in [0.25, 0.3) is 0 Å². The third-order valence-electron chi connectivity index (χ3n) is 3.08. The Labute approximate surface area is 76.5 Å². The van der Waals surface area contributed by atoms with Crippen molar-refractivity contribution in [2.24, 2.45) is 0 Å². The minimum absolute atomic E-state index is 0.693. The summed E-state index contributed by atoms with van der Waals surface area (Å²) >= 11 is 0. The number of rotatable bonds is 2. The zero-order valence-corrected chi connectivity index (χ0v) is 8.88. The Morgan fingerprint density at radius 3 is 2.17 bits per heavy atom. The fourth-order valence-corrected chi connectivity index (χ4v) is 1.82. The lowest BCUT2D eigenvalue weighted by atomic mass is 10.0. The van der Waals surface area contributed by atoms with Crippen molar-refractivity contribution in [1.82, 2.24) is 9.80 Å². The van der Waals surface area contributed by atoms with Gasteiger partial charge in [-0.15, -0.1) is 0 Å². The van der Waals surface area contributed by atoms with Gasteiger partial charge in [-0.2, -0.15) is 0 Å². The monoisotopic (exact) mass is 170 g/mol. The molecule has 0 aromatic rings. The van der Waals surface area contributed by atoms with E-state index in [1.54, 1.807) is 0 Å². The molecule has 0 bridgehead atoms. The van der Waals surface area contributed by atoms with E-state index < -0.39 is 0 Å². The number of nitrogens with zero attached hydrogens (tertiary/aromatic N) is 2. The Kier molecular flexibility index (Phi) is 3.53. The zero-order valence-electron chi connectivity index (χ0n) is 8.88. The largest absolute Gasteiger partial charge is 0.306 e. The smallest absolute Gasteiger partial charge is 0.0119 e. The molecular weight excluding hydrogens is 148 g/mol. The first kappa shape index (κ1) is 10.0. The minimum Gasteiger partial charge on any atom is -0.306 e. The van der Waals surface area contributed by atoms with Gasteiger partial charge in [0.25, 0.3) is 0 Å². The van der Waals surface area contributed by atoms with Gasteiger partial charge in [0.15, 0.2) is 0 Å². The molecule has 0 N–H and O–H groups in total. The van der Waals surface area contributed by atoms with Gasteiger partial charge in [0, 0.05) is 12.1 Å². The van der Waals surface area contributed by atoms with Crippen molar-refractivity contribution in [2.75, 3.05) is 27.2 Å². The maximum Gasteiger partial charge on any atom is 0.0119 e. The molecule has 2 nitrogen and oxygen atoms in total. The zero-order chi connectivity index (χ0) is 9.14. The standard InChI is InChI=1S/C10H22N2/c1-9(2)12(4)10-5-7-11(3)8-6-10/h9-10H,5-8H2,1-4H3. The van der Waals surface area contributed by atoms with E-state index in [0.29, 0.717) is 6.04 Å². The number of hydrogen-bond acceptors (Lipinski definition) is 2. The molecule has 1 aliphatic rings. The third-order valence-corrected chi connectivity index (χ3v) is 3.08. The molecule has 0 aliphatic carbocycles. The molecule has 1 rings (SSSR count). The SMILES string of the molecule is CC(C)N(C)C1CCN(C)CC1. The van der Waals surface area contributed by atoms with Crippen molar-refractivity contribution >= 4 is 0 Å². The quantitative estimate of drug-likeness (QED) is 0.618. The second-order valence-corrected chi connectivity index (χ2v) is 4.29. The highest BCUT2D eigenvalue weighted by molar-refractivity contribution is 4.78. The topological polar surface area (TPSA) is 6.48 Å². The molecular formula is C10H22N2. The molecule has 12 heavy (non-hydrogen) atoms. The Hall–Kier alpha value is -0.0800. The molecule has 0 unspecified atom stereocenters. The first-order valence-corrected chi connectivity index (χ1v) is 5.01. The van der Waals surface area contributed by atoms with Crippen LogP contribution in [0, 0.1) is 0 Å². The van der Waals surface area contributed by atoms with Gasteiger partial charge in [-0.05, 0) is 53.9 Å². The highest BCUT2D eigenvalue weighted by Crippen LogP contribution is 2.15. The van der Waals surface area contributed by atoms with Crippen LogP contribution in [0.1, 0.15) is 26.7 Å². The van der Waals surface area contributed by atoms with Gasteiger partial charge in [0.2, 0.25) is 0 Å². The Bertz CT molecular complexity index is 126. The van der Waals surface area contributed by atoms with E-state index in [-0.39, 0.29) is 0 Å². The third kappa shape index (κ3) is 2.46. The van der Waals surface area contributed by atoms with E-state index in [0.717, 1.165) is 6.04 Å². The Morgan fingerprint density at radius 2 is 1.75 bits per heavy atom. The van der Waals surface area contributed by atoms with Gasteiger partial charge in [0.05, 0.1) is 0 Å². The molecule has 72 valence electrons. The second kappa shape index (κ2) is 4.24. The van der Waals surface area contributed by atoms with Crippen molar-refractivity contribution in [3.8, 4) is 0 Å². The van der Waals surface area contributed by atoms with Gasteiger partial charge in [-0.1, -0.05) is 0 Å². The van der Waals surface area contributed by atoms with Crippen LogP contribution >= 0.6 is 0 Å². The lowest BCUT2D eigenvalue weighted by Gasteiger charge is -2.37. The fraction of sp³-hybridized carbons (Fsp3) is 1.00. The van der Waals surface area contributed by atoms with Crippen LogP contribution in [0.2, 0.25) is 0 Å². The predicted molar refractivity (Wildman–Crippen MR) is 53.4 cm³/mol. The van der Waals surface area contributed by atoms with E-state index in [1.165, 1.54) is 25.9 Å². The summed E-state index contributed by atoms with van der Waals surface area (Å²) in [5, 5.41) is 0. The number of piperidine rings is 1. The maximum absolute atomic E-state index is 2.51. The molecule has 1 heterocycles. The highest BCUT2D eigenvalue weighted by Gasteiger charge is 2.21. The Balaban J connectivity index is 2.34. The van der Waals surface area contributed by atoms with Crippen LogP contribution in [-0.4, -0.2) is 49.1 Å². The summed E-state index contributed by atoms with van der Waals surface area (Å²) in [6.45, 7) is 7.08. The maximum atomic E-state index is 2.51. The molecule has 2 heteroatoms. The molecule has 0 saturated carbocycles. The summed E-state index contributed by atoms with van der Waals surface area (Å²) in [6, 6.07) is 1.51. The highest BCUT2D eigenvalue weighted by atomic mass is 15.2. The number of hydrogen-bond donors (Lipinski definition) is 0. The summed E-state index contributed by atoms with van der Waals surface area (Å²) in [5.74, 6) is 0. The van der Waals surface area contributed by atoms with Crippen LogP contribution < -0.4 is 0 Å². The van der Waals surface area contributed by atoms with Crippen LogP contribution in [0.5, 0.6) is 0 Å². The summed E-state index contributed by atoms with van der Waals surface area (Å²) < 4.78 is 0. The fourth-order valence-electron chi connectivity index (χ4n) is 1.82. The first-order chi connectivity index (χ1) is 5.61. The average Bonchev–Trinajstić information content (AvgIpc) is 2.04. The lowest BCUT2D eigenvalue weighted by molar-refractivity contribution is 0.120. The van der Waals surface area contributed by atoms with E-state index >= 15 is 0 Å². The summed E-state index contributed by atoms with van der Waals surface area (Å²) in [7, 11) is 4.46. The van der Waals surface area contributed by atoms with Crippen molar-refractivity contribution in [3.63, 3.8) is 0 Å². The van der Waals surface area contributed by atoms with Gasteiger partial charge in [-0.25, -0.2) is 0 Å². The summed E-state index contributed by atoms with van der Waals surface area (Å²) in [5.41, 5.74) is 0. The second-order valence-electron chi connectivity index (χ2n) is 4.29. The minimum atomic E-state index is 0.693. The van der Waals surface area contributed by atoms with Crippen molar-refractivity contribution in [3.05, 3.63) is 0 Å². The van der Waals surface area contributed by atoms with Gasteiger partial charge < -0.3 is 9.80 Å². The average molecular weight is 170 g/mol. The molecule has 0 aromatic carbocycles. The van der Waals surface area contributed by atoms with Gasteiger partial charge in [0.1, 0.15) is 0 Å². The van der Waals surface area contributed by atoms with Crippen LogP contribution in [-0.2, 0) is 0 Å². The van der Waals surface area contributed by atoms with Crippen LogP contribution in [0.3, 0.4) is 0 Å². The molecule has 1 fully saturated rings. The van der Waals surface area contributed by atoms with Crippen LogP contribution in [0.4, 0.5) is 0 Å². The first-order valence-electron chi connectivity index (χ1n) is 5.01. The predicted octanol–water partition coefficient (Wildman–Crippen LogP) is 1.42. The van der Waals surface area contributed by atoms with Crippen LogP contribution in [0.15, 0.2) is 0 Å². The normalized spacial score (nSPS) is 22.5. The molecule has 0 spiro atoms. The van der Waals surface area contributed by atoms with Gasteiger partial charge in [-0.3, -0.25) is 0 Å². The lowest BCUT2D eigenvalue weighted by Crippen LogP contribution is -2.44. The van der Waals surface area contributed by atoms with E-state index in [1.807, 2.05) is 0 Å². The van der Waals surface area contributed by atoms with E-state index in [2.05, 4.69) is 37.7 Å². The molecule has 1 aliphatic heterocycles. The van der Waals surface area contributed by atoms with Crippen molar-refractivity contribution < 1.29 is 0 Å². The molecule has 1 saturated heterocycles. The summed E-state index contributed by atoms with van der Waals surface area (Å²) in [4.78, 5) is 4.93.